The molecule has 0 aliphatic heterocycles. The SMILES string of the molecule is CC(C)c1nc(COc2ccccc2CN)no1. The van der Waals surface area contributed by atoms with Gasteiger partial charge in [0.05, 0.1) is 0 Å². The van der Waals surface area contributed by atoms with Crippen LogP contribution < -0.4 is 10.5 Å². The van der Waals surface area contributed by atoms with Crippen LogP contribution in [0.25, 0.3) is 0 Å². The lowest BCUT2D eigenvalue weighted by Crippen LogP contribution is -2.03. The zero-order chi connectivity index (χ0) is 13.0. The second-order valence-electron chi connectivity index (χ2n) is 4.30. The maximum atomic E-state index is 5.64. The van der Waals surface area contributed by atoms with E-state index >= 15 is 0 Å². The molecular weight excluding hydrogens is 230 g/mol. The summed E-state index contributed by atoms with van der Waals surface area (Å²) in [7, 11) is 0. The summed E-state index contributed by atoms with van der Waals surface area (Å²) in [6, 6.07) is 7.65. The lowest BCUT2D eigenvalue weighted by molar-refractivity contribution is 0.282. The van der Waals surface area contributed by atoms with Crippen LogP contribution in [0.1, 0.15) is 37.0 Å². The first-order chi connectivity index (χ1) is 8.70. The minimum atomic E-state index is 0.225. The molecule has 0 unspecified atom stereocenters. The van der Waals surface area contributed by atoms with Gasteiger partial charge in [0.2, 0.25) is 11.7 Å². The molecule has 0 saturated heterocycles. The molecule has 2 aromatic rings. The van der Waals surface area contributed by atoms with E-state index in [0.717, 1.165) is 11.3 Å². The van der Waals surface area contributed by atoms with E-state index in [0.29, 0.717) is 18.3 Å². The van der Waals surface area contributed by atoms with Crippen molar-refractivity contribution in [1.29, 1.82) is 0 Å². The van der Waals surface area contributed by atoms with Gasteiger partial charge < -0.3 is 15.0 Å². The highest BCUT2D eigenvalue weighted by Gasteiger charge is 2.10. The number of hydrogen-bond acceptors (Lipinski definition) is 5. The lowest BCUT2D eigenvalue weighted by Gasteiger charge is -2.07. The Bertz CT molecular complexity index is 508. The second-order valence-corrected chi connectivity index (χ2v) is 4.30. The highest BCUT2D eigenvalue weighted by atomic mass is 16.5. The van der Waals surface area contributed by atoms with Gasteiger partial charge >= 0.3 is 0 Å². The molecule has 96 valence electrons. The number of rotatable bonds is 5. The number of ether oxygens (including phenoxy) is 1. The topological polar surface area (TPSA) is 74.2 Å². The highest BCUT2D eigenvalue weighted by molar-refractivity contribution is 5.32. The molecule has 0 bridgehead atoms. The molecule has 1 heterocycles. The molecule has 0 atom stereocenters. The van der Waals surface area contributed by atoms with E-state index < -0.39 is 0 Å². The second kappa shape index (κ2) is 5.64. The van der Waals surface area contributed by atoms with Crippen molar-refractivity contribution < 1.29 is 9.26 Å². The third-order valence-corrected chi connectivity index (χ3v) is 2.53. The molecule has 18 heavy (non-hydrogen) atoms. The van der Waals surface area contributed by atoms with Crippen molar-refractivity contribution in [1.82, 2.24) is 10.1 Å². The maximum absolute atomic E-state index is 5.64. The molecule has 0 aliphatic rings. The maximum Gasteiger partial charge on any atom is 0.229 e. The number of benzene rings is 1. The van der Waals surface area contributed by atoms with Crippen molar-refractivity contribution in [3.8, 4) is 5.75 Å². The third kappa shape index (κ3) is 2.87. The standard InChI is InChI=1S/C13H17N3O2/c1-9(2)13-15-12(16-18-13)8-17-11-6-4-3-5-10(11)7-14/h3-6,9H,7-8,14H2,1-2H3. The Balaban J connectivity index is 2.02. The number of aromatic nitrogens is 2. The largest absolute Gasteiger partial charge is 0.485 e. The Labute approximate surface area is 106 Å². The van der Waals surface area contributed by atoms with Gasteiger partial charge in [-0.15, -0.1) is 0 Å². The van der Waals surface area contributed by atoms with Crippen LogP contribution in [0.15, 0.2) is 28.8 Å². The van der Waals surface area contributed by atoms with Crippen molar-refractivity contribution in [3.63, 3.8) is 0 Å². The lowest BCUT2D eigenvalue weighted by atomic mass is 10.2. The van der Waals surface area contributed by atoms with E-state index in [4.69, 9.17) is 15.0 Å². The molecule has 1 aromatic carbocycles. The first-order valence-corrected chi connectivity index (χ1v) is 5.94. The van der Waals surface area contributed by atoms with Crippen molar-refractivity contribution in [2.75, 3.05) is 0 Å². The zero-order valence-electron chi connectivity index (χ0n) is 10.6. The summed E-state index contributed by atoms with van der Waals surface area (Å²) in [5.74, 6) is 2.16. The van der Waals surface area contributed by atoms with Crippen molar-refractivity contribution in [2.24, 2.45) is 5.73 Å². The molecule has 0 aliphatic carbocycles. The van der Waals surface area contributed by atoms with Crippen LogP contribution in [0.5, 0.6) is 5.75 Å². The zero-order valence-corrected chi connectivity index (χ0v) is 10.6. The van der Waals surface area contributed by atoms with Crippen LogP contribution in [0.3, 0.4) is 0 Å². The van der Waals surface area contributed by atoms with E-state index in [-0.39, 0.29) is 12.5 Å². The van der Waals surface area contributed by atoms with Crippen LogP contribution in [0.2, 0.25) is 0 Å². The minimum absolute atomic E-state index is 0.225. The molecule has 1 aromatic heterocycles. The predicted octanol–water partition coefficient (Wildman–Crippen LogP) is 2.23. The van der Waals surface area contributed by atoms with E-state index in [9.17, 15) is 0 Å². The van der Waals surface area contributed by atoms with Gasteiger partial charge in [-0.25, -0.2) is 0 Å². The van der Waals surface area contributed by atoms with Gasteiger partial charge in [0, 0.05) is 18.0 Å². The fraction of sp³-hybridized carbons (Fsp3) is 0.385. The first-order valence-electron chi connectivity index (χ1n) is 5.94. The molecule has 5 heteroatoms. The van der Waals surface area contributed by atoms with E-state index in [1.54, 1.807) is 0 Å². The van der Waals surface area contributed by atoms with Crippen LogP contribution >= 0.6 is 0 Å². The van der Waals surface area contributed by atoms with Gasteiger partial charge in [-0.05, 0) is 6.07 Å². The normalized spacial score (nSPS) is 10.9. The average Bonchev–Trinajstić information content (AvgIpc) is 2.85. The summed E-state index contributed by atoms with van der Waals surface area (Å²) in [5, 5.41) is 3.87. The Morgan fingerprint density at radius 1 is 1.33 bits per heavy atom. The molecule has 0 spiro atoms. The van der Waals surface area contributed by atoms with Crippen LogP contribution in [0.4, 0.5) is 0 Å². The molecule has 2 rings (SSSR count). The van der Waals surface area contributed by atoms with E-state index in [1.807, 2.05) is 38.1 Å². The van der Waals surface area contributed by atoms with Gasteiger partial charge in [-0.2, -0.15) is 4.98 Å². The van der Waals surface area contributed by atoms with Crippen LogP contribution in [-0.2, 0) is 13.2 Å². The number of nitrogens with two attached hydrogens (primary N) is 1. The van der Waals surface area contributed by atoms with Gasteiger partial charge in [0.1, 0.15) is 5.75 Å². The van der Waals surface area contributed by atoms with Gasteiger partial charge in [0.25, 0.3) is 0 Å². The summed E-state index contributed by atoms with van der Waals surface area (Å²) in [5.41, 5.74) is 6.60. The van der Waals surface area contributed by atoms with Gasteiger partial charge in [-0.3, -0.25) is 0 Å². The van der Waals surface area contributed by atoms with Gasteiger partial charge in [-0.1, -0.05) is 37.2 Å². The number of para-hydroxylation sites is 1. The molecular formula is C13H17N3O2. The average molecular weight is 247 g/mol. The Hall–Kier alpha value is -1.88. The molecule has 2 N–H and O–H groups in total. The number of nitrogens with zero attached hydrogens (tertiary/aromatic N) is 2. The molecule has 0 radical (unpaired) electrons. The Kier molecular flexibility index (Phi) is 3.94. The van der Waals surface area contributed by atoms with E-state index in [2.05, 4.69) is 10.1 Å². The minimum Gasteiger partial charge on any atom is -0.485 e. The summed E-state index contributed by atoms with van der Waals surface area (Å²) in [6.07, 6.45) is 0. The third-order valence-electron chi connectivity index (χ3n) is 2.53. The first kappa shape index (κ1) is 12.6. The summed E-state index contributed by atoms with van der Waals surface area (Å²) >= 11 is 0. The smallest absolute Gasteiger partial charge is 0.229 e. The Morgan fingerprint density at radius 3 is 2.78 bits per heavy atom. The molecule has 0 fully saturated rings. The summed E-state index contributed by atoms with van der Waals surface area (Å²) in [6.45, 7) is 4.73. The van der Waals surface area contributed by atoms with Gasteiger partial charge in [0.15, 0.2) is 6.61 Å². The summed E-state index contributed by atoms with van der Waals surface area (Å²) < 4.78 is 10.7. The van der Waals surface area contributed by atoms with E-state index in [1.165, 1.54) is 0 Å². The van der Waals surface area contributed by atoms with Crippen molar-refractivity contribution in [2.45, 2.75) is 32.9 Å². The quantitative estimate of drug-likeness (QED) is 0.877. The fourth-order valence-corrected chi connectivity index (χ4v) is 1.52. The fourth-order valence-electron chi connectivity index (χ4n) is 1.52. The highest BCUT2D eigenvalue weighted by Crippen LogP contribution is 2.18. The predicted molar refractivity (Wildman–Crippen MR) is 67.1 cm³/mol. The monoisotopic (exact) mass is 247 g/mol. The number of hydrogen-bond donors (Lipinski definition) is 1. The van der Waals surface area contributed by atoms with Crippen molar-refractivity contribution >= 4 is 0 Å². The molecule has 0 amide bonds. The van der Waals surface area contributed by atoms with Crippen molar-refractivity contribution in [3.05, 3.63) is 41.5 Å². The molecule has 0 saturated carbocycles. The molecule has 5 nitrogen and oxygen atoms in total. The Morgan fingerprint density at radius 2 is 2.11 bits per heavy atom. The van der Waals surface area contributed by atoms with Crippen LogP contribution in [-0.4, -0.2) is 10.1 Å². The van der Waals surface area contributed by atoms with Crippen LogP contribution in [0, 0.1) is 0 Å². The summed E-state index contributed by atoms with van der Waals surface area (Å²) in [4.78, 5) is 4.25.